The summed E-state index contributed by atoms with van der Waals surface area (Å²) in [6.07, 6.45) is 0.218. The summed E-state index contributed by atoms with van der Waals surface area (Å²) in [7, 11) is 0. The minimum Gasteiger partial charge on any atom is -0.273 e. The minimum absolute atomic E-state index is 0.218. The van der Waals surface area contributed by atoms with Crippen molar-refractivity contribution in [3.63, 3.8) is 0 Å². The zero-order chi connectivity index (χ0) is 15.4. The first-order valence-corrected chi connectivity index (χ1v) is 7.71. The Kier molecular flexibility index (Phi) is 4.16. The molecule has 1 aromatic heterocycles. The van der Waals surface area contributed by atoms with Crippen LogP contribution in [-0.2, 0) is 11.2 Å². The van der Waals surface area contributed by atoms with Gasteiger partial charge in [0.05, 0.1) is 11.3 Å². The van der Waals surface area contributed by atoms with E-state index in [0.717, 1.165) is 16.3 Å². The number of carbonyl (C=O) groups is 2. The van der Waals surface area contributed by atoms with Crippen molar-refractivity contribution < 1.29 is 9.59 Å². The fourth-order valence-corrected chi connectivity index (χ4v) is 2.79. The average Bonchev–Trinajstić information content (AvgIpc) is 3.07. The quantitative estimate of drug-likeness (QED) is 0.731. The van der Waals surface area contributed by atoms with Gasteiger partial charge in [0, 0.05) is 0 Å². The van der Waals surface area contributed by atoms with Crippen LogP contribution in [0.2, 0.25) is 0 Å². The van der Waals surface area contributed by atoms with Crippen LogP contribution in [0.15, 0.2) is 60.0 Å². The van der Waals surface area contributed by atoms with E-state index >= 15 is 0 Å². The normalized spacial score (nSPS) is 10.4. The zero-order valence-electron chi connectivity index (χ0n) is 11.7. The second-order valence-corrected chi connectivity index (χ2v) is 5.79. The molecule has 2 aromatic carbocycles. The third-order valence-electron chi connectivity index (χ3n) is 3.24. The van der Waals surface area contributed by atoms with Crippen molar-refractivity contribution in [3.8, 4) is 0 Å². The SMILES string of the molecule is O=C(Cc1ccc2ccccc2c1)NNC(=O)c1cccs1. The summed E-state index contributed by atoms with van der Waals surface area (Å²) in [6, 6.07) is 17.4. The van der Waals surface area contributed by atoms with Crippen molar-refractivity contribution in [1.29, 1.82) is 0 Å². The highest BCUT2D eigenvalue weighted by Gasteiger charge is 2.08. The van der Waals surface area contributed by atoms with Gasteiger partial charge in [-0.15, -0.1) is 11.3 Å². The molecule has 5 heteroatoms. The number of fused-ring (bicyclic) bond motifs is 1. The van der Waals surface area contributed by atoms with Crippen molar-refractivity contribution in [2.75, 3.05) is 0 Å². The molecule has 0 fully saturated rings. The second-order valence-electron chi connectivity index (χ2n) is 4.84. The van der Waals surface area contributed by atoms with Crippen LogP contribution in [0.3, 0.4) is 0 Å². The molecule has 0 atom stereocenters. The molecule has 0 aliphatic rings. The molecule has 4 nitrogen and oxygen atoms in total. The number of nitrogens with one attached hydrogen (secondary N) is 2. The van der Waals surface area contributed by atoms with E-state index in [-0.39, 0.29) is 18.2 Å². The molecular weight excluding hydrogens is 296 g/mol. The summed E-state index contributed by atoms with van der Waals surface area (Å²) in [6.45, 7) is 0. The lowest BCUT2D eigenvalue weighted by atomic mass is 10.1. The molecule has 0 aliphatic heterocycles. The molecule has 3 rings (SSSR count). The Hall–Kier alpha value is -2.66. The maximum atomic E-state index is 11.9. The molecule has 110 valence electrons. The van der Waals surface area contributed by atoms with Crippen LogP contribution >= 0.6 is 11.3 Å². The van der Waals surface area contributed by atoms with Crippen molar-refractivity contribution in [2.24, 2.45) is 0 Å². The molecule has 0 aliphatic carbocycles. The van der Waals surface area contributed by atoms with E-state index in [2.05, 4.69) is 10.9 Å². The van der Waals surface area contributed by atoms with E-state index in [0.29, 0.717) is 4.88 Å². The fourth-order valence-electron chi connectivity index (χ4n) is 2.17. The molecule has 0 spiro atoms. The van der Waals surface area contributed by atoms with Gasteiger partial charge in [-0.05, 0) is 27.8 Å². The first-order chi connectivity index (χ1) is 10.7. The van der Waals surface area contributed by atoms with Crippen LogP contribution in [0.25, 0.3) is 10.8 Å². The van der Waals surface area contributed by atoms with Gasteiger partial charge in [-0.3, -0.25) is 20.4 Å². The van der Waals surface area contributed by atoms with Crippen LogP contribution in [-0.4, -0.2) is 11.8 Å². The van der Waals surface area contributed by atoms with Crippen LogP contribution in [0.1, 0.15) is 15.2 Å². The molecule has 0 bridgehead atoms. The molecule has 22 heavy (non-hydrogen) atoms. The molecule has 0 unspecified atom stereocenters. The fraction of sp³-hybridized carbons (Fsp3) is 0.0588. The predicted octanol–water partition coefficient (Wildman–Crippen LogP) is 2.91. The number of hydrogen-bond donors (Lipinski definition) is 2. The minimum atomic E-state index is -0.304. The topological polar surface area (TPSA) is 58.2 Å². The van der Waals surface area contributed by atoms with Gasteiger partial charge in [-0.25, -0.2) is 0 Å². The summed E-state index contributed by atoms with van der Waals surface area (Å²) < 4.78 is 0. The lowest BCUT2D eigenvalue weighted by Crippen LogP contribution is -2.42. The van der Waals surface area contributed by atoms with E-state index in [1.54, 1.807) is 12.1 Å². The standard InChI is InChI=1S/C17H14N2O2S/c20-16(18-19-17(21)15-6-3-9-22-15)11-12-7-8-13-4-1-2-5-14(13)10-12/h1-10H,11H2,(H,18,20)(H,19,21). The first kappa shape index (κ1) is 14.3. The van der Waals surface area contributed by atoms with Gasteiger partial charge in [-0.2, -0.15) is 0 Å². The van der Waals surface area contributed by atoms with Gasteiger partial charge in [0.25, 0.3) is 5.91 Å². The average molecular weight is 310 g/mol. The third-order valence-corrected chi connectivity index (χ3v) is 4.11. The second kappa shape index (κ2) is 6.41. The summed E-state index contributed by atoms with van der Waals surface area (Å²) >= 11 is 1.32. The Labute approximate surface area is 131 Å². The molecule has 3 aromatic rings. The Morgan fingerprint density at radius 1 is 0.909 bits per heavy atom. The van der Waals surface area contributed by atoms with Gasteiger partial charge >= 0.3 is 0 Å². The van der Waals surface area contributed by atoms with Crippen LogP contribution in [0.4, 0.5) is 0 Å². The van der Waals surface area contributed by atoms with E-state index in [4.69, 9.17) is 0 Å². The number of benzene rings is 2. The highest BCUT2D eigenvalue weighted by molar-refractivity contribution is 7.12. The van der Waals surface area contributed by atoms with Crippen LogP contribution < -0.4 is 10.9 Å². The highest BCUT2D eigenvalue weighted by Crippen LogP contribution is 2.15. The van der Waals surface area contributed by atoms with Crippen LogP contribution in [0.5, 0.6) is 0 Å². The van der Waals surface area contributed by atoms with Gasteiger partial charge in [0.1, 0.15) is 0 Å². The molecule has 0 saturated heterocycles. The first-order valence-electron chi connectivity index (χ1n) is 6.83. The molecule has 0 radical (unpaired) electrons. The van der Waals surface area contributed by atoms with Gasteiger partial charge < -0.3 is 0 Å². The maximum Gasteiger partial charge on any atom is 0.279 e. The molecule has 2 N–H and O–H groups in total. The smallest absolute Gasteiger partial charge is 0.273 e. The lowest BCUT2D eigenvalue weighted by molar-refractivity contribution is -0.121. The molecule has 0 saturated carbocycles. The Morgan fingerprint density at radius 2 is 1.73 bits per heavy atom. The number of carbonyl (C=O) groups excluding carboxylic acids is 2. The van der Waals surface area contributed by atoms with E-state index < -0.39 is 0 Å². The van der Waals surface area contributed by atoms with Crippen molar-refractivity contribution in [1.82, 2.24) is 10.9 Å². The number of hydrogen-bond acceptors (Lipinski definition) is 3. The molecule has 2 amide bonds. The highest BCUT2D eigenvalue weighted by atomic mass is 32.1. The third kappa shape index (κ3) is 3.32. The van der Waals surface area contributed by atoms with Gasteiger partial charge in [-0.1, -0.05) is 48.5 Å². The van der Waals surface area contributed by atoms with Crippen molar-refractivity contribution in [3.05, 3.63) is 70.4 Å². The summed E-state index contributed by atoms with van der Waals surface area (Å²) in [5.41, 5.74) is 5.75. The van der Waals surface area contributed by atoms with Gasteiger partial charge in [0.15, 0.2) is 0 Å². The Bertz CT molecular complexity index is 812. The number of rotatable bonds is 3. The lowest BCUT2D eigenvalue weighted by Gasteiger charge is -2.07. The maximum absolute atomic E-state index is 11.9. The van der Waals surface area contributed by atoms with E-state index in [1.807, 2.05) is 47.8 Å². The summed E-state index contributed by atoms with van der Waals surface area (Å²) in [5, 5.41) is 4.04. The Morgan fingerprint density at radius 3 is 2.50 bits per heavy atom. The number of hydrazine groups is 1. The number of amides is 2. The summed E-state index contributed by atoms with van der Waals surface area (Å²) in [5.74, 6) is -0.554. The molecular formula is C17H14N2O2S. The Balaban J connectivity index is 1.59. The van der Waals surface area contributed by atoms with Crippen molar-refractivity contribution in [2.45, 2.75) is 6.42 Å². The monoisotopic (exact) mass is 310 g/mol. The summed E-state index contributed by atoms with van der Waals surface area (Å²) in [4.78, 5) is 24.2. The van der Waals surface area contributed by atoms with E-state index in [1.165, 1.54) is 11.3 Å². The molecule has 1 heterocycles. The van der Waals surface area contributed by atoms with E-state index in [9.17, 15) is 9.59 Å². The van der Waals surface area contributed by atoms with Gasteiger partial charge in [0.2, 0.25) is 5.91 Å². The largest absolute Gasteiger partial charge is 0.279 e. The van der Waals surface area contributed by atoms with Crippen molar-refractivity contribution >= 4 is 33.9 Å². The predicted molar refractivity (Wildman–Crippen MR) is 87.6 cm³/mol. The van der Waals surface area contributed by atoms with Crippen LogP contribution in [0, 0.1) is 0 Å². The zero-order valence-corrected chi connectivity index (χ0v) is 12.5. The number of thiophene rings is 1.